The van der Waals surface area contributed by atoms with Crippen LogP contribution in [0, 0.1) is 5.82 Å². The van der Waals surface area contributed by atoms with E-state index in [9.17, 15) is 14.0 Å². The Kier molecular flexibility index (Phi) is 5.23. The Bertz CT molecular complexity index is 897. The van der Waals surface area contributed by atoms with Crippen LogP contribution in [0.2, 0.25) is 5.02 Å². The van der Waals surface area contributed by atoms with E-state index in [-0.39, 0.29) is 17.3 Å². The molecule has 0 saturated carbocycles. The molecule has 1 atom stereocenters. The third-order valence-electron chi connectivity index (χ3n) is 3.74. The van der Waals surface area contributed by atoms with Gasteiger partial charge in [0.15, 0.2) is 6.10 Å². The lowest BCUT2D eigenvalue weighted by atomic mass is 10.1. The van der Waals surface area contributed by atoms with E-state index in [2.05, 4.69) is 5.32 Å². The number of nitrogens with one attached hydrogen (secondary N) is 1. The smallest absolute Gasteiger partial charge is 0.338 e. The summed E-state index contributed by atoms with van der Waals surface area (Å²) in [5.74, 6) is -1.06. The fraction of sp³-hybridized carbons (Fsp3) is 0.158. The topological polar surface area (TPSA) is 64.6 Å². The number of ether oxygens (including phenoxy) is 2. The summed E-state index contributed by atoms with van der Waals surface area (Å²) >= 11 is 5.87. The predicted molar refractivity (Wildman–Crippen MR) is 95.5 cm³/mol. The molecule has 0 saturated heterocycles. The highest BCUT2D eigenvalue weighted by Crippen LogP contribution is 2.26. The maximum absolute atomic E-state index is 13.0. The highest BCUT2D eigenvalue weighted by atomic mass is 35.5. The zero-order chi connectivity index (χ0) is 18.7. The Balaban J connectivity index is 1.64. The van der Waals surface area contributed by atoms with Gasteiger partial charge >= 0.3 is 5.97 Å². The molecule has 3 rings (SSSR count). The Morgan fingerprint density at radius 1 is 1.27 bits per heavy atom. The van der Waals surface area contributed by atoms with Crippen molar-refractivity contribution in [2.75, 3.05) is 11.9 Å². The molecule has 26 heavy (non-hydrogen) atoms. The highest BCUT2D eigenvalue weighted by molar-refractivity contribution is 6.33. The fourth-order valence-electron chi connectivity index (χ4n) is 2.35. The minimum atomic E-state index is -1.07. The van der Waals surface area contributed by atoms with Gasteiger partial charge in [-0.25, -0.2) is 9.18 Å². The number of anilines is 1. The molecule has 0 bridgehead atoms. The number of fused-ring (bicyclic) bond motifs is 1. The molecule has 1 aliphatic rings. The van der Waals surface area contributed by atoms with Gasteiger partial charge < -0.3 is 14.8 Å². The Hall–Kier alpha value is -2.86. The Labute approximate surface area is 154 Å². The first-order valence-electron chi connectivity index (χ1n) is 7.83. The van der Waals surface area contributed by atoms with Crippen molar-refractivity contribution in [3.63, 3.8) is 0 Å². The zero-order valence-electron chi connectivity index (χ0n) is 13.8. The summed E-state index contributed by atoms with van der Waals surface area (Å²) in [5, 5.41) is 2.55. The highest BCUT2D eigenvalue weighted by Gasteiger charge is 2.23. The van der Waals surface area contributed by atoms with Crippen LogP contribution in [-0.4, -0.2) is 24.6 Å². The van der Waals surface area contributed by atoms with E-state index >= 15 is 0 Å². The molecule has 0 spiro atoms. The van der Waals surface area contributed by atoms with Gasteiger partial charge in [0, 0.05) is 5.56 Å². The summed E-state index contributed by atoms with van der Waals surface area (Å²) in [7, 11) is 0. The van der Waals surface area contributed by atoms with E-state index in [1.165, 1.54) is 19.1 Å². The second kappa shape index (κ2) is 7.58. The lowest BCUT2D eigenvalue weighted by Gasteiger charge is -2.19. The summed E-state index contributed by atoms with van der Waals surface area (Å²) in [6, 6.07) is 10.9. The molecule has 7 heteroatoms. The van der Waals surface area contributed by atoms with E-state index in [4.69, 9.17) is 21.1 Å². The molecule has 0 radical (unpaired) electrons. The molecule has 1 amide bonds. The van der Waals surface area contributed by atoms with Crippen molar-refractivity contribution in [1.82, 2.24) is 0 Å². The summed E-state index contributed by atoms with van der Waals surface area (Å²) in [6.07, 6.45) is 0.601. The van der Waals surface area contributed by atoms with Gasteiger partial charge in [0.1, 0.15) is 18.2 Å². The second-order valence-electron chi connectivity index (χ2n) is 5.66. The number of benzene rings is 2. The van der Waals surface area contributed by atoms with Crippen molar-refractivity contribution in [3.8, 4) is 5.75 Å². The quantitative estimate of drug-likeness (QED) is 0.825. The van der Waals surface area contributed by atoms with E-state index in [0.29, 0.717) is 11.3 Å². The van der Waals surface area contributed by atoms with Crippen LogP contribution in [-0.2, 0) is 14.3 Å². The summed E-state index contributed by atoms with van der Waals surface area (Å²) < 4.78 is 23.7. The molecular weight excluding hydrogens is 361 g/mol. The number of hydrogen-bond donors (Lipinski definition) is 1. The number of amides is 1. The largest absolute Gasteiger partial charge is 0.488 e. The van der Waals surface area contributed by atoms with Gasteiger partial charge in [-0.1, -0.05) is 29.8 Å². The first kappa shape index (κ1) is 17.9. The molecule has 0 fully saturated rings. The number of rotatable bonds is 4. The van der Waals surface area contributed by atoms with Crippen molar-refractivity contribution in [2.24, 2.45) is 0 Å². The molecule has 1 aliphatic heterocycles. The monoisotopic (exact) mass is 375 g/mol. The number of carbonyl (C=O) groups is 2. The van der Waals surface area contributed by atoms with Gasteiger partial charge in [-0.15, -0.1) is 0 Å². The van der Waals surface area contributed by atoms with Crippen LogP contribution in [0.15, 0.2) is 48.0 Å². The van der Waals surface area contributed by atoms with Crippen LogP contribution in [0.25, 0.3) is 6.08 Å². The summed E-state index contributed by atoms with van der Waals surface area (Å²) in [4.78, 5) is 24.4. The number of carbonyl (C=O) groups excluding carboxylic acids is 2. The average molecular weight is 376 g/mol. The average Bonchev–Trinajstić information content (AvgIpc) is 2.63. The molecule has 2 aromatic carbocycles. The maximum atomic E-state index is 13.0. The van der Waals surface area contributed by atoms with Crippen molar-refractivity contribution in [3.05, 3.63) is 64.4 Å². The molecule has 0 aliphatic carbocycles. The van der Waals surface area contributed by atoms with Gasteiger partial charge in [0.05, 0.1) is 16.3 Å². The van der Waals surface area contributed by atoms with Crippen LogP contribution in [0.4, 0.5) is 10.1 Å². The number of para-hydroxylation sites is 1. The van der Waals surface area contributed by atoms with Gasteiger partial charge in [-0.2, -0.15) is 0 Å². The molecule has 134 valence electrons. The van der Waals surface area contributed by atoms with Crippen molar-refractivity contribution >= 4 is 35.2 Å². The molecule has 0 aromatic heterocycles. The third-order valence-corrected chi connectivity index (χ3v) is 4.05. The van der Waals surface area contributed by atoms with Crippen LogP contribution >= 0.6 is 11.6 Å². The molecule has 2 aromatic rings. The molecular formula is C19H15ClFNO4. The lowest BCUT2D eigenvalue weighted by Crippen LogP contribution is -2.31. The zero-order valence-corrected chi connectivity index (χ0v) is 14.5. The second-order valence-corrected chi connectivity index (χ2v) is 6.06. The van der Waals surface area contributed by atoms with Crippen LogP contribution in [0.5, 0.6) is 5.75 Å². The summed E-state index contributed by atoms with van der Waals surface area (Å²) in [5.41, 5.74) is 1.30. The predicted octanol–water partition coefficient (Wildman–Crippen LogP) is 3.83. The van der Waals surface area contributed by atoms with Gasteiger partial charge in [0.25, 0.3) is 5.91 Å². The number of esters is 1. The SMILES string of the molecule is C[C@@H](OC(=O)C1=Cc2ccccc2OC1)C(=O)Nc1ccc(F)cc1Cl. The fourth-order valence-corrected chi connectivity index (χ4v) is 2.56. The van der Waals surface area contributed by atoms with Crippen LogP contribution in [0.1, 0.15) is 12.5 Å². The first-order valence-corrected chi connectivity index (χ1v) is 8.21. The molecule has 1 N–H and O–H groups in total. The standard InChI is InChI=1S/C19H15ClFNO4/c1-11(18(23)22-16-7-6-14(21)9-15(16)20)26-19(24)13-8-12-4-2-3-5-17(12)25-10-13/h2-9,11H,10H2,1H3,(H,22,23)/t11-/m1/s1. The van der Waals surface area contributed by atoms with Crippen molar-refractivity contribution < 1.29 is 23.5 Å². The Morgan fingerprint density at radius 3 is 2.81 bits per heavy atom. The minimum Gasteiger partial charge on any atom is -0.488 e. The minimum absolute atomic E-state index is 0.0527. The molecule has 0 unspecified atom stereocenters. The van der Waals surface area contributed by atoms with E-state index in [1.54, 1.807) is 12.1 Å². The van der Waals surface area contributed by atoms with E-state index < -0.39 is 23.8 Å². The van der Waals surface area contributed by atoms with E-state index in [1.807, 2.05) is 18.2 Å². The summed E-state index contributed by atoms with van der Waals surface area (Å²) in [6.45, 7) is 1.50. The molecule has 5 nitrogen and oxygen atoms in total. The van der Waals surface area contributed by atoms with Crippen molar-refractivity contribution in [2.45, 2.75) is 13.0 Å². The molecule has 1 heterocycles. The van der Waals surface area contributed by atoms with Crippen LogP contribution < -0.4 is 10.1 Å². The number of hydrogen-bond acceptors (Lipinski definition) is 4. The Morgan fingerprint density at radius 2 is 2.04 bits per heavy atom. The van der Waals surface area contributed by atoms with Gasteiger partial charge in [-0.3, -0.25) is 4.79 Å². The van der Waals surface area contributed by atoms with Gasteiger partial charge in [-0.05, 0) is 37.3 Å². The van der Waals surface area contributed by atoms with Gasteiger partial charge in [0.2, 0.25) is 0 Å². The first-order chi connectivity index (χ1) is 12.4. The maximum Gasteiger partial charge on any atom is 0.338 e. The van der Waals surface area contributed by atoms with Crippen molar-refractivity contribution in [1.29, 1.82) is 0 Å². The van der Waals surface area contributed by atoms with E-state index in [0.717, 1.165) is 11.6 Å². The third kappa shape index (κ3) is 4.03. The number of halogens is 2. The normalized spacial score (nSPS) is 13.7. The lowest BCUT2D eigenvalue weighted by molar-refractivity contribution is -0.149. The van der Waals surface area contributed by atoms with Crippen LogP contribution in [0.3, 0.4) is 0 Å².